The molecule has 0 unspecified atom stereocenters. The molecule has 0 aliphatic heterocycles. The summed E-state index contributed by atoms with van der Waals surface area (Å²) in [7, 11) is 0. The molecule has 1 heterocycles. The predicted octanol–water partition coefficient (Wildman–Crippen LogP) is 2.71. The fraction of sp³-hybridized carbons (Fsp3) is 0.467. The third-order valence-electron chi connectivity index (χ3n) is 4.22. The average Bonchev–Trinajstić information content (AvgIpc) is 3.04. The standard InChI is InChI=1S/C15H18ClN3O/c16-14-5-3-12(4-6-14)8-15(20)7-1-2-13(15)9-19-11-17-10-18-19/h3-6,10-11,13,20H,1-2,7-9H2/t13-,15+/m0/s1. The lowest BCUT2D eigenvalue weighted by atomic mass is 9.85. The van der Waals surface area contributed by atoms with Gasteiger partial charge in [-0.25, -0.2) is 4.98 Å². The lowest BCUT2D eigenvalue weighted by Gasteiger charge is -2.30. The summed E-state index contributed by atoms with van der Waals surface area (Å²) in [6, 6.07) is 7.74. The van der Waals surface area contributed by atoms with Crippen LogP contribution < -0.4 is 0 Å². The van der Waals surface area contributed by atoms with Crippen LogP contribution in [0.3, 0.4) is 0 Å². The molecule has 0 saturated heterocycles. The number of aromatic nitrogens is 3. The van der Waals surface area contributed by atoms with Gasteiger partial charge in [-0.15, -0.1) is 0 Å². The zero-order chi connectivity index (χ0) is 14.0. The summed E-state index contributed by atoms with van der Waals surface area (Å²) in [6.45, 7) is 0.726. The fourth-order valence-electron chi connectivity index (χ4n) is 3.13. The minimum atomic E-state index is -0.653. The summed E-state index contributed by atoms with van der Waals surface area (Å²) >= 11 is 5.91. The lowest BCUT2D eigenvalue weighted by Crippen LogP contribution is -2.38. The van der Waals surface area contributed by atoms with E-state index in [4.69, 9.17) is 11.6 Å². The highest BCUT2D eigenvalue weighted by molar-refractivity contribution is 6.30. The van der Waals surface area contributed by atoms with Gasteiger partial charge >= 0.3 is 0 Å². The van der Waals surface area contributed by atoms with E-state index in [1.807, 2.05) is 28.9 Å². The van der Waals surface area contributed by atoms with Crippen LogP contribution in [0.25, 0.3) is 0 Å². The lowest BCUT2D eigenvalue weighted by molar-refractivity contribution is -0.00473. The number of aliphatic hydroxyl groups is 1. The molecule has 1 N–H and O–H groups in total. The number of rotatable bonds is 4. The maximum atomic E-state index is 11.0. The molecule has 0 radical (unpaired) electrons. The Morgan fingerprint density at radius 3 is 2.85 bits per heavy atom. The summed E-state index contributed by atoms with van der Waals surface area (Å²) in [5.41, 5.74) is 0.474. The van der Waals surface area contributed by atoms with Gasteiger partial charge in [-0.3, -0.25) is 4.68 Å². The van der Waals surface area contributed by atoms with Crippen molar-refractivity contribution >= 4 is 11.6 Å². The molecule has 4 nitrogen and oxygen atoms in total. The summed E-state index contributed by atoms with van der Waals surface area (Å²) in [4.78, 5) is 3.96. The number of nitrogens with zero attached hydrogens (tertiary/aromatic N) is 3. The van der Waals surface area contributed by atoms with Crippen LogP contribution in [-0.4, -0.2) is 25.5 Å². The van der Waals surface area contributed by atoms with Crippen molar-refractivity contribution in [2.24, 2.45) is 5.92 Å². The van der Waals surface area contributed by atoms with Crippen molar-refractivity contribution in [2.75, 3.05) is 0 Å². The normalized spacial score (nSPS) is 26.0. The third-order valence-corrected chi connectivity index (χ3v) is 4.47. The molecule has 1 aliphatic carbocycles. The van der Waals surface area contributed by atoms with Gasteiger partial charge in [0.2, 0.25) is 0 Å². The van der Waals surface area contributed by atoms with Crippen LogP contribution in [0.4, 0.5) is 0 Å². The van der Waals surface area contributed by atoms with Crippen LogP contribution in [0.15, 0.2) is 36.9 Å². The molecule has 0 amide bonds. The van der Waals surface area contributed by atoms with Gasteiger partial charge in [0.05, 0.1) is 5.60 Å². The first-order chi connectivity index (χ1) is 9.66. The third kappa shape index (κ3) is 2.86. The van der Waals surface area contributed by atoms with Gasteiger partial charge in [0.25, 0.3) is 0 Å². The van der Waals surface area contributed by atoms with Crippen LogP contribution in [0, 0.1) is 5.92 Å². The van der Waals surface area contributed by atoms with E-state index in [0.29, 0.717) is 6.42 Å². The number of halogens is 1. The van der Waals surface area contributed by atoms with E-state index >= 15 is 0 Å². The Bertz CT molecular complexity index is 555. The first-order valence-electron chi connectivity index (χ1n) is 6.95. The van der Waals surface area contributed by atoms with Crippen molar-refractivity contribution in [1.82, 2.24) is 14.8 Å². The molecule has 20 heavy (non-hydrogen) atoms. The highest BCUT2D eigenvalue weighted by Crippen LogP contribution is 2.39. The maximum Gasteiger partial charge on any atom is 0.137 e. The molecule has 5 heteroatoms. The minimum absolute atomic E-state index is 0.222. The summed E-state index contributed by atoms with van der Waals surface area (Å²) in [5.74, 6) is 0.222. The topological polar surface area (TPSA) is 50.9 Å². The molecule has 0 spiro atoms. The molecule has 2 aromatic rings. The van der Waals surface area contributed by atoms with Crippen molar-refractivity contribution in [2.45, 2.75) is 37.8 Å². The van der Waals surface area contributed by atoms with Gasteiger partial charge < -0.3 is 5.11 Å². The fourth-order valence-corrected chi connectivity index (χ4v) is 3.26. The quantitative estimate of drug-likeness (QED) is 0.942. The second-order valence-electron chi connectivity index (χ2n) is 5.61. The van der Waals surface area contributed by atoms with Crippen molar-refractivity contribution < 1.29 is 5.11 Å². The molecule has 1 aromatic heterocycles. The zero-order valence-corrected chi connectivity index (χ0v) is 12.0. The van der Waals surface area contributed by atoms with Crippen LogP contribution in [-0.2, 0) is 13.0 Å². The van der Waals surface area contributed by atoms with E-state index in [0.717, 1.165) is 36.4 Å². The van der Waals surface area contributed by atoms with E-state index in [1.54, 1.807) is 6.33 Å². The Morgan fingerprint density at radius 2 is 2.15 bits per heavy atom. The molecule has 1 saturated carbocycles. The molecule has 1 fully saturated rings. The molecular weight excluding hydrogens is 274 g/mol. The highest BCUT2D eigenvalue weighted by atomic mass is 35.5. The summed E-state index contributed by atoms with van der Waals surface area (Å²) in [6.07, 6.45) is 6.85. The van der Waals surface area contributed by atoms with Gasteiger partial charge in [-0.2, -0.15) is 5.10 Å². The van der Waals surface area contributed by atoms with Crippen molar-refractivity contribution in [3.05, 3.63) is 47.5 Å². The van der Waals surface area contributed by atoms with Crippen LogP contribution in [0.1, 0.15) is 24.8 Å². The Morgan fingerprint density at radius 1 is 1.35 bits per heavy atom. The van der Waals surface area contributed by atoms with Gasteiger partial charge in [0.15, 0.2) is 0 Å². The molecule has 1 aliphatic rings. The molecular formula is C15H18ClN3O. The number of hydrogen-bond donors (Lipinski definition) is 1. The van der Waals surface area contributed by atoms with Gasteiger partial charge in [0, 0.05) is 23.9 Å². The minimum Gasteiger partial charge on any atom is -0.389 e. The Labute approximate surface area is 123 Å². The first-order valence-corrected chi connectivity index (χ1v) is 7.33. The summed E-state index contributed by atoms with van der Waals surface area (Å²) < 4.78 is 1.81. The molecule has 106 valence electrons. The summed E-state index contributed by atoms with van der Waals surface area (Å²) in [5, 5.41) is 15.8. The van der Waals surface area contributed by atoms with Gasteiger partial charge in [0.1, 0.15) is 12.7 Å². The van der Waals surface area contributed by atoms with E-state index in [1.165, 1.54) is 6.33 Å². The highest BCUT2D eigenvalue weighted by Gasteiger charge is 2.41. The average molecular weight is 292 g/mol. The monoisotopic (exact) mass is 291 g/mol. The first kappa shape index (κ1) is 13.6. The Kier molecular flexibility index (Phi) is 3.76. The molecule has 3 rings (SSSR count). The van der Waals surface area contributed by atoms with E-state index in [-0.39, 0.29) is 5.92 Å². The van der Waals surface area contributed by atoms with Crippen molar-refractivity contribution in [3.8, 4) is 0 Å². The second kappa shape index (κ2) is 5.54. The van der Waals surface area contributed by atoms with Gasteiger partial charge in [-0.1, -0.05) is 30.2 Å². The van der Waals surface area contributed by atoms with Crippen LogP contribution in [0.2, 0.25) is 5.02 Å². The molecule has 1 aromatic carbocycles. The largest absolute Gasteiger partial charge is 0.389 e. The molecule has 2 atom stereocenters. The van der Waals surface area contributed by atoms with Gasteiger partial charge in [-0.05, 0) is 30.5 Å². The van der Waals surface area contributed by atoms with E-state index in [9.17, 15) is 5.11 Å². The predicted molar refractivity (Wildman–Crippen MR) is 77.5 cm³/mol. The zero-order valence-electron chi connectivity index (χ0n) is 11.2. The van der Waals surface area contributed by atoms with E-state index in [2.05, 4.69) is 10.1 Å². The van der Waals surface area contributed by atoms with E-state index < -0.39 is 5.60 Å². The smallest absolute Gasteiger partial charge is 0.137 e. The second-order valence-corrected chi connectivity index (χ2v) is 6.05. The maximum absolute atomic E-state index is 11.0. The van der Waals surface area contributed by atoms with Crippen molar-refractivity contribution in [3.63, 3.8) is 0 Å². The SMILES string of the molecule is O[C@@]1(Cc2ccc(Cl)cc2)CCC[C@H]1Cn1cncn1. The molecule has 0 bridgehead atoms. The van der Waals surface area contributed by atoms with Crippen molar-refractivity contribution in [1.29, 1.82) is 0 Å². The van der Waals surface area contributed by atoms with Crippen LogP contribution in [0.5, 0.6) is 0 Å². The Balaban J connectivity index is 1.73. The number of benzene rings is 1. The Hall–Kier alpha value is -1.39. The van der Waals surface area contributed by atoms with Crippen LogP contribution >= 0.6 is 11.6 Å². The number of hydrogen-bond acceptors (Lipinski definition) is 3.